The number of nitrogens with zero attached hydrogens (tertiary/aromatic N) is 1. The van der Waals surface area contributed by atoms with Crippen molar-refractivity contribution in [2.45, 2.75) is 38.5 Å². The van der Waals surface area contributed by atoms with E-state index in [4.69, 9.17) is 0 Å². The summed E-state index contributed by atoms with van der Waals surface area (Å²) in [6, 6.07) is 8.70. The van der Waals surface area contributed by atoms with Crippen LogP contribution in [0, 0.1) is 0 Å². The van der Waals surface area contributed by atoms with Gasteiger partial charge in [-0.15, -0.1) is 0 Å². The van der Waals surface area contributed by atoms with E-state index in [1.54, 1.807) is 0 Å². The summed E-state index contributed by atoms with van der Waals surface area (Å²) in [5.74, 6) is 0. The Morgan fingerprint density at radius 2 is 1.27 bits per heavy atom. The molecule has 0 atom stereocenters. The minimum Gasteiger partial charge on any atom is -0.296 e. The van der Waals surface area contributed by atoms with E-state index < -0.39 is 0 Å². The number of fused-ring (bicyclic) bond motifs is 1. The molecule has 0 fully saturated rings. The highest BCUT2D eigenvalue weighted by Crippen LogP contribution is 2.46. The van der Waals surface area contributed by atoms with E-state index in [2.05, 4.69) is 57.0 Å². The summed E-state index contributed by atoms with van der Waals surface area (Å²) in [6.07, 6.45) is 0. The molecule has 1 heteroatoms. The Labute approximate surface area is 92.2 Å². The quantitative estimate of drug-likeness (QED) is 0.610. The van der Waals surface area contributed by atoms with Gasteiger partial charge in [-0.25, -0.2) is 0 Å². The van der Waals surface area contributed by atoms with Crippen LogP contribution in [-0.2, 0) is 10.8 Å². The summed E-state index contributed by atoms with van der Waals surface area (Å²) < 4.78 is 0. The molecule has 1 aliphatic carbocycles. The fourth-order valence-corrected chi connectivity index (χ4v) is 3.17. The fraction of sp³-hybridized carbons (Fsp3) is 0.500. The monoisotopic (exact) mass is 201 g/mol. The van der Waals surface area contributed by atoms with Crippen LogP contribution in [0.15, 0.2) is 29.3 Å². The topological polar surface area (TPSA) is 12.4 Å². The third kappa shape index (κ3) is 1.19. The molecule has 0 unspecified atom stereocenters. The van der Waals surface area contributed by atoms with Crippen molar-refractivity contribution in [1.29, 1.82) is 0 Å². The third-order valence-electron chi connectivity index (χ3n) is 3.68. The van der Waals surface area contributed by atoms with Crippen LogP contribution in [0.25, 0.3) is 0 Å². The van der Waals surface area contributed by atoms with Crippen molar-refractivity contribution in [2.24, 2.45) is 4.99 Å². The van der Waals surface area contributed by atoms with E-state index in [9.17, 15) is 0 Å². The number of rotatable bonds is 0. The summed E-state index contributed by atoms with van der Waals surface area (Å²) in [4.78, 5) is 4.52. The largest absolute Gasteiger partial charge is 0.296 e. The van der Waals surface area contributed by atoms with Gasteiger partial charge < -0.3 is 0 Å². The van der Waals surface area contributed by atoms with Crippen molar-refractivity contribution in [2.75, 3.05) is 7.05 Å². The van der Waals surface area contributed by atoms with E-state index in [-0.39, 0.29) is 10.8 Å². The van der Waals surface area contributed by atoms with Crippen LogP contribution in [0.1, 0.15) is 38.8 Å². The second-order valence-electron chi connectivity index (χ2n) is 5.37. The molecule has 0 saturated heterocycles. The molecule has 0 bridgehead atoms. The molecule has 0 N–H and O–H groups in total. The zero-order valence-electron chi connectivity index (χ0n) is 10.3. The fourth-order valence-electron chi connectivity index (χ4n) is 3.17. The van der Waals surface area contributed by atoms with Crippen LogP contribution in [-0.4, -0.2) is 12.8 Å². The predicted molar refractivity (Wildman–Crippen MR) is 65.9 cm³/mol. The lowest BCUT2D eigenvalue weighted by molar-refractivity contribution is 0.678. The molecule has 2 rings (SSSR count). The van der Waals surface area contributed by atoms with Gasteiger partial charge in [-0.05, 0) is 11.1 Å². The first-order chi connectivity index (χ1) is 6.92. The Morgan fingerprint density at radius 3 is 1.60 bits per heavy atom. The maximum atomic E-state index is 4.52. The average Bonchev–Trinajstić information content (AvgIpc) is 2.32. The average molecular weight is 201 g/mol. The molecular formula is C14H19N. The molecule has 0 saturated carbocycles. The van der Waals surface area contributed by atoms with Crippen molar-refractivity contribution < 1.29 is 0 Å². The maximum Gasteiger partial charge on any atom is 0.0320 e. The van der Waals surface area contributed by atoms with Gasteiger partial charge >= 0.3 is 0 Å². The molecule has 0 amide bonds. The summed E-state index contributed by atoms with van der Waals surface area (Å²) in [5, 5.41) is 0. The Kier molecular flexibility index (Phi) is 2.04. The molecule has 1 aromatic carbocycles. The summed E-state index contributed by atoms with van der Waals surface area (Å²) in [5.41, 5.74) is 4.30. The van der Waals surface area contributed by atoms with Gasteiger partial charge in [-0.2, -0.15) is 0 Å². The van der Waals surface area contributed by atoms with Crippen LogP contribution < -0.4 is 0 Å². The Hall–Kier alpha value is -1.11. The van der Waals surface area contributed by atoms with Gasteiger partial charge in [0.2, 0.25) is 0 Å². The Bertz CT molecular complexity index is 388. The van der Waals surface area contributed by atoms with Gasteiger partial charge in [-0.1, -0.05) is 52.0 Å². The standard InChI is InChI=1S/C14H19N/c1-13(2)10-8-6-7-9-11(10)14(3,4)12(13)15-5/h6-9H,1-5H3. The molecular weight excluding hydrogens is 182 g/mol. The van der Waals surface area contributed by atoms with Crippen LogP contribution in [0.5, 0.6) is 0 Å². The van der Waals surface area contributed by atoms with Crippen LogP contribution in [0.4, 0.5) is 0 Å². The van der Waals surface area contributed by atoms with Gasteiger partial charge in [0, 0.05) is 23.6 Å². The lowest BCUT2D eigenvalue weighted by Gasteiger charge is -2.26. The second-order valence-corrected chi connectivity index (χ2v) is 5.37. The van der Waals surface area contributed by atoms with Crippen molar-refractivity contribution in [3.8, 4) is 0 Å². The zero-order valence-corrected chi connectivity index (χ0v) is 10.3. The number of benzene rings is 1. The molecule has 0 aliphatic heterocycles. The lowest BCUT2D eigenvalue weighted by atomic mass is 9.79. The van der Waals surface area contributed by atoms with E-state index in [1.165, 1.54) is 16.8 Å². The molecule has 1 nitrogen and oxygen atoms in total. The molecule has 80 valence electrons. The van der Waals surface area contributed by atoms with Gasteiger partial charge in [0.1, 0.15) is 0 Å². The second kappa shape index (κ2) is 2.94. The molecule has 1 aliphatic rings. The van der Waals surface area contributed by atoms with Crippen molar-refractivity contribution in [1.82, 2.24) is 0 Å². The van der Waals surface area contributed by atoms with Crippen molar-refractivity contribution in [3.63, 3.8) is 0 Å². The van der Waals surface area contributed by atoms with Crippen molar-refractivity contribution in [3.05, 3.63) is 35.4 Å². The van der Waals surface area contributed by atoms with Gasteiger partial charge in [0.25, 0.3) is 0 Å². The Morgan fingerprint density at radius 1 is 0.867 bits per heavy atom. The molecule has 0 heterocycles. The summed E-state index contributed by atoms with van der Waals surface area (Å²) in [6.45, 7) is 9.07. The van der Waals surface area contributed by atoms with E-state index in [0.29, 0.717) is 0 Å². The summed E-state index contributed by atoms with van der Waals surface area (Å²) >= 11 is 0. The van der Waals surface area contributed by atoms with Crippen molar-refractivity contribution >= 4 is 5.71 Å². The molecule has 0 radical (unpaired) electrons. The first-order valence-electron chi connectivity index (χ1n) is 5.50. The minimum atomic E-state index is 0.0782. The predicted octanol–water partition coefficient (Wildman–Crippen LogP) is 3.33. The lowest BCUT2D eigenvalue weighted by Crippen LogP contribution is -2.34. The molecule has 0 aromatic heterocycles. The maximum absolute atomic E-state index is 4.52. The highest BCUT2D eigenvalue weighted by molar-refractivity contribution is 6.06. The first-order valence-corrected chi connectivity index (χ1v) is 5.50. The number of hydrogen-bond donors (Lipinski definition) is 0. The van der Waals surface area contributed by atoms with E-state index in [0.717, 1.165) is 0 Å². The molecule has 15 heavy (non-hydrogen) atoms. The SMILES string of the molecule is CN=C1C(C)(C)c2ccccc2C1(C)C. The first kappa shape index (κ1) is 10.4. The number of hydrogen-bond acceptors (Lipinski definition) is 1. The third-order valence-corrected chi connectivity index (χ3v) is 3.68. The van der Waals surface area contributed by atoms with Gasteiger partial charge in [-0.3, -0.25) is 4.99 Å². The van der Waals surface area contributed by atoms with Crippen LogP contribution in [0.3, 0.4) is 0 Å². The summed E-state index contributed by atoms with van der Waals surface area (Å²) in [7, 11) is 1.91. The number of aliphatic imine (C=N–C) groups is 1. The van der Waals surface area contributed by atoms with Gasteiger partial charge in [0.15, 0.2) is 0 Å². The normalized spacial score (nSPS) is 21.3. The Balaban J connectivity index is 2.77. The van der Waals surface area contributed by atoms with E-state index in [1.807, 2.05) is 7.05 Å². The van der Waals surface area contributed by atoms with Crippen LogP contribution >= 0.6 is 0 Å². The zero-order chi connectivity index (χ0) is 11.3. The van der Waals surface area contributed by atoms with Crippen LogP contribution in [0.2, 0.25) is 0 Å². The van der Waals surface area contributed by atoms with E-state index >= 15 is 0 Å². The smallest absolute Gasteiger partial charge is 0.0320 e. The minimum absolute atomic E-state index is 0.0782. The van der Waals surface area contributed by atoms with Gasteiger partial charge in [0.05, 0.1) is 0 Å². The highest BCUT2D eigenvalue weighted by Gasteiger charge is 2.47. The highest BCUT2D eigenvalue weighted by atomic mass is 14.8. The molecule has 1 aromatic rings. The molecule has 0 spiro atoms.